The molecule has 1 saturated heterocycles. The Bertz CT molecular complexity index is 1010. The molecule has 1 fully saturated rings. The second kappa shape index (κ2) is 9.36. The standard InChI is InChI=1S/C24H26N3O2P/c1-17-7-9-20(22-6-2-3-11-25-22)21(13-17)24(28)27-12-4-5-18(15-27)16-29-23-10-8-19(30)14-26-23/h2-3,6-11,13-14,18H,4-5,12,15-16,30H2,1H3. The van der Waals surface area contributed by atoms with E-state index >= 15 is 0 Å². The van der Waals surface area contributed by atoms with Gasteiger partial charge < -0.3 is 9.64 Å². The highest BCUT2D eigenvalue weighted by Crippen LogP contribution is 2.26. The van der Waals surface area contributed by atoms with Gasteiger partial charge in [-0.25, -0.2) is 4.98 Å². The van der Waals surface area contributed by atoms with Crippen LogP contribution in [0.4, 0.5) is 0 Å². The van der Waals surface area contributed by atoms with Crippen LogP contribution < -0.4 is 10.0 Å². The number of pyridine rings is 2. The Morgan fingerprint density at radius 2 is 2.10 bits per heavy atom. The lowest BCUT2D eigenvalue weighted by Crippen LogP contribution is -2.41. The van der Waals surface area contributed by atoms with Crippen LogP contribution >= 0.6 is 9.24 Å². The fourth-order valence-electron chi connectivity index (χ4n) is 3.82. The monoisotopic (exact) mass is 419 g/mol. The molecule has 0 spiro atoms. The predicted molar refractivity (Wildman–Crippen MR) is 122 cm³/mol. The van der Waals surface area contributed by atoms with Gasteiger partial charge in [0.15, 0.2) is 0 Å². The van der Waals surface area contributed by atoms with E-state index in [2.05, 4.69) is 19.2 Å². The molecule has 3 heterocycles. The number of benzene rings is 1. The summed E-state index contributed by atoms with van der Waals surface area (Å²) >= 11 is 0. The molecule has 5 nitrogen and oxygen atoms in total. The zero-order valence-corrected chi connectivity index (χ0v) is 18.3. The third-order valence-corrected chi connectivity index (χ3v) is 5.72. The smallest absolute Gasteiger partial charge is 0.254 e. The van der Waals surface area contributed by atoms with Gasteiger partial charge in [-0.05, 0) is 49.3 Å². The van der Waals surface area contributed by atoms with Gasteiger partial charge in [0.25, 0.3) is 5.91 Å². The van der Waals surface area contributed by atoms with Crippen molar-refractivity contribution in [2.24, 2.45) is 5.92 Å². The number of aryl methyl sites for hydroxylation is 1. The fourth-order valence-corrected chi connectivity index (χ4v) is 3.99. The Labute approximate surface area is 179 Å². The summed E-state index contributed by atoms with van der Waals surface area (Å²) in [6, 6.07) is 15.6. The van der Waals surface area contributed by atoms with Crippen LogP contribution in [0, 0.1) is 12.8 Å². The van der Waals surface area contributed by atoms with Crippen LogP contribution in [0.3, 0.4) is 0 Å². The minimum absolute atomic E-state index is 0.0644. The quantitative estimate of drug-likeness (QED) is 0.589. The van der Waals surface area contributed by atoms with Crippen LogP contribution in [-0.2, 0) is 0 Å². The molecule has 4 rings (SSSR count). The Morgan fingerprint density at radius 3 is 2.87 bits per heavy atom. The molecule has 2 aromatic heterocycles. The maximum absolute atomic E-state index is 13.4. The van der Waals surface area contributed by atoms with Crippen molar-refractivity contribution >= 4 is 20.5 Å². The van der Waals surface area contributed by atoms with Crippen LogP contribution in [-0.4, -0.2) is 40.5 Å². The van der Waals surface area contributed by atoms with Crippen LogP contribution in [0.2, 0.25) is 0 Å². The summed E-state index contributed by atoms with van der Waals surface area (Å²) in [5, 5.41) is 1.03. The molecule has 0 aliphatic carbocycles. The zero-order chi connectivity index (χ0) is 20.9. The molecule has 3 aromatic rings. The molecule has 2 unspecified atom stereocenters. The number of hydrogen-bond donors (Lipinski definition) is 0. The third kappa shape index (κ3) is 4.85. The average molecular weight is 419 g/mol. The highest BCUT2D eigenvalue weighted by atomic mass is 31.0. The van der Waals surface area contributed by atoms with E-state index in [1.807, 2.05) is 60.4 Å². The maximum atomic E-state index is 13.4. The van der Waals surface area contributed by atoms with Crippen molar-refractivity contribution in [1.82, 2.24) is 14.9 Å². The first-order valence-electron chi connectivity index (χ1n) is 10.3. The van der Waals surface area contributed by atoms with Crippen molar-refractivity contribution in [1.29, 1.82) is 0 Å². The first kappa shape index (κ1) is 20.5. The highest BCUT2D eigenvalue weighted by molar-refractivity contribution is 7.27. The number of amides is 1. The summed E-state index contributed by atoms with van der Waals surface area (Å²) in [6.45, 7) is 4.04. The molecule has 1 aromatic carbocycles. The second-order valence-electron chi connectivity index (χ2n) is 7.76. The molecule has 6 heteroatoms. The molecular formula is C24H26N3O2P. The van der Waals surface area contributed by atoms with Crippen LogP contribution in [0.5, 0.6) is 5.88 Å². The summed E-state index contributed by atoms with van der Waals surface area (Å²) in [5.41, 5.74) is 3.49. The van der Waals surface area contributed by atoms with E-state index in [-0.39, 0.29) is 5.91 Å². The van der Waals surface area contributed by atoms with E-state index < -0.39 is 0 Å². The number of carbonyl (C=O) groups excluding carboxylic acids is 1. The molecule has 0 saturated carbocycles. The zero-order valence-electron chi connectivity index (χ0n) is 17.1. The van der Waals surface area contributed by atoms with Gasteiger partial charge >= 0.3 is 0 Å². The van der Waals surface area contributed by atoms with Gasteiger partial charge in [0.05, 0.1) is 12.3 Å². The molecule has 30 heavy (non-hydrogen) atoms. The molecule has 1 aliphatic heterocycles. The van der Waals surface area contributed by atoms with E-state index in [1.54, 1.807) is 12.4 Å². The number of hydrogen-bond acceptors (Lipinski definition) is 4. The maximum Gasteiger partial charge on any atom is 0.254 e. The van der Waals surface area contributed by atoms with E-state index in [4.69, 9.17) is 4.74 Å². The summed E-state index contributed by atoms with van der Waals surface area (Å²) in [5.74, 6) is 0.985. The third-order valence-electron chi connectivity index (χ3n) is 5.38. The van der Waals surface area contributed by atoms with E-state index in [1.165, 1.54) is 0 Å². The number of carbonyl (C=O) groups is 1. The Kier molecular flexibility index (Phi) is 6.39. The number of nitrogens with zero attached hydrogens (tertiary/aromatic N) is 3. The average Bonchev–Trinajstić information content (AvgIpc) is 2.79. The molecular weight excluding hydrogens is 393 g/mol. The lowest BCUT2D eigenvalue weighted by molar-refractivity contribution is 0.0632. The van der Waals surface area contributed by atoms with Gasteiger partial charge in [-0.1, -0.05) is 23.8 Å². The lowest BCUT2D eigenvalue weighted by Gasteiger charge is -2.33. The van der Waals surface area contributed by atoms with Gasteiger partial charge in [0.2, 0.25) is 5.88 Å². The van der Waals surface area contributed by atoms with Gasteiger partial charge in [-0.2, -0.15) is 0 Å². The first-order valence-corrected chi connectivity index (χ1v) is 10.8. The normalized spacial score (nSPS) is 16.3. The molecule has 0 N–H and O–H groups in total. The fraction of sp³-hybridized carbons (Fsp3) is 0.292. The topological polar surface area (TPSA) is 55.3 Å². The van der Waals surface area contributed by atoms with E-state index in [0.717, 1.165) is 41.5 Å². The van der Waals surface area contributed by atoms with Crippen molar-refractivity contribution < 1.29 is 9.53 Å². The predicted octanol–water partition coefficient (Wildman–Crippen LogP) is 3.88. The molecule has 1 amide bonds. The summed E-state index contributed by atoms with van der Waals surface area (Å²) < 4.78 is 5.88. The van der Waals surface area contributed by atoms with Gasteiger partial charge in [-0.15, -0.1) is 9.24 Å². The number of aromatic nitrogens is 2. The number of ether oxygens (including phenoxy) is 1. The van der Waals surface area contributed by atoms with Crippen LogP contribution in [0.1, 0.15) is 28.8 Å². The van der Waals surface area contributed by atoms with Gasteiger partial charge in [0, 0.05) is 48.6 Å². The number of likely N-dealkylation sites (tertiary alicyclic amines) is 1. The van der Waals surface area contributed by atoms with Crippen molar-refractivity contribution in [3.05, 3.63) is 72.1 Å². The van der Waals surface area contributed by atoms with Crippen molar-refractivity contribution in [2.75, 3.05) is 19.7 Å². The van der Waals surface area contributed by atoms with Crippen LogP contribution in [0.25, 0.3) is 11.3 Å². The first-order chi connectivity index (χ1) is 14.6. The Balaban J connectivity index is 1.48. The highest BCUT2D eigenvalue weighted by Gasteiger charge is 2.27. The number of rotatable bonds is 5. The van der Waals surface area contributed by atoms with E-state index in [9.17, 15) is 4.79 Å². The SMILES string of the molecule is Cc1ccc(-c2ccccn2)c(C(=O)N2CCCC(COc3ccc(P)cn3)C2)c1. The summed E-state index contributed by atoms with van der Waals surface area (Å²) in [4.78, 5) is 24.1. The number of piperidine rings is 1. The lowest BCUT2D eigenvalue weighted by atomic mass is 9.96. The molecule has 2 atom stereocenters. The largest absolute Gasteiger partial charge is 0.477 e. The van der Waals surface area contributed by atoms with Crippen LogP contribution in [0.15, 0.2) is 60.9 Å². The molecule has 0 radical (unpaired) electrons. The van der Waals surface area contributed by atoms with E-state index in [0.29, 0.717) is 30.5 Å². The second-order valence-corrected chi connectivity index (χ2v) is 8.43. The van der Waals surface area contributed by atoms with Gasteiger partial charge in [-0.3, -0.25) is 9.78 Å². The Morgan fingerprint density at radius 1 is 1.20 bits per heavy atom. The Hall–Kier alpha value is -2.78. The summed E-state index contributed by atoms with van der Waals surface area (Å²) in [7, 11) is 2.62. The minimum atomic E-state index is 0.0644. The summed E-state index contributed by atoms with van der Waals surface area (Å²) in [6.07, 6.45) is 5.55. The molecule has 154 valence electrons. The minimum Gasteiger partial charge on any atom is -0.477 e. The van der Waals surface area contributed by atoms with Crippen molar-refractivity contribution in [2.45, 2.75) is 19.8 Å². The van der Waals surface area contributed by atoms with Crippen molar-refractivity contribution in [3.8, 4) is 17.1 Å². The molecule has 0 bridgehead atoms. The van der Waals surface area contributed by atoms with Gasteiger partial charge in [0.1, 0.15) is 0 Å². The van der Waals surface area contributed by atoms with Crippen molar-refractivity contribution in [3.63, 3.8) is 0 Å². The molecule has 1 aliphatic rings.